The van der Waals surface area contributed by atoms with Gasteiger partial charge in [-0.05, 0) is 64.2 Å². The summed E-state index contributed by atoms with van der Waals surface area (Å²) in [5.41, 5.74) is 1.10. The van der Waals surface area contributed by atoms with Gasteiger partial charge in [0.25, 0.3) is 0 Å². The van der Waals surface area contributed by atoms with Crippen molar-refractivity contribution in [2.75, 3.05) is 19.8 Å². The Kier molecular flexibility index (Phi) is 37.7. The first-order valence-corrected chi connectivity index (χ1v) is 23.7. The molecule has 12 heteroatoms. The van der Waals surface area contributed by atoms with E-state index in [2.05, 4.69) is 12.5 Å². The molecule has 0 aliphatic heterocycles. The molecule has 0 saturated heterocycles. The monoisotopic (exact) mass is 901 g/mol. The second-order valence-corrected chi connectivity index (χ2v) is 16.9. The fourth-order valence-electron chi connectivity index (χ4n) is 6.68. The highest BCUT2D eigenvalue weighted by molar-refractivity contribution is 5.80. The van der Waals surface area contributed by atoms with Crippen LogP contribution in [0.1, 0.15) is 182 Å². The first kappa shape index (κ1) is 59.9. The minimum Gasteiger partial charge on any atom is -0.504 e. The Morgan fingerprint density at radius 1 is 0.688 bits per heavy atom. The molecule has 12 nitrogen and oxygen atoms in total. The maximum absolute atomic E-state index is 11.1. The van der Waals surface area contributed by atoms with E-state index in [1.807, 2.05) is 26.0 Å². The van der Waals surface area contributed by atoms with Crippen molar-refractivity contribution in [3.05, 3.63) is 59.0 Å². The van der Waals surface area contributed by atoms with Gasteiger partial charge in [0.05, 0.1) is 24.4 Å². The lowest BCUT2D eigenvalue weighted by molar-refractivity contribution is -0.145. The predicted molar refractivity (Wildman–Crippen MR) is 256 cm³/mol. The van der Waals surface area contributed by atoms with Crippen LogP contribution in [0.3, 0.4) is 0 Å². The van der Waals surface area contributed by atoms with E-state index in [1.165, 1.54) is 116 Å². The number of aliphatic hydroxyl groups excluding tert-OH is 4. The Bertz CT molecular complexity index is 1620. The zero-order chi connectivity index (χ0) is 47.8. The molecule has 1 heterocycles. The summed E-state index contributed by atoms with van der Waals surface area (Å²) < 4.78 is 19.8. The van der Waals surface area contributed by atoms with E-state index in [1.54, 1.807) is 6.07 Å². The molecule has 0 radical (unpaired) electrons. The molecule has 0 bridgehead atoms. The lowest BCUT2D eigenvalue weighted by atomic mass is 10.0. The third kappa shape index (κ3) is 37.2. The lowest BCUT2D eigenvalue weighted by Gasteiger charge is -2.15. The van der Waals surface area contributed by atoms with Crippen LogP contribution in [0.4, 0.5) is 0 Å². The van der Waals surface area contributed by atoms with Crippen molar-refractivity contribution in [2.24, 2.45) is 0 Å². The normalized spacial score (nSPS) is 12.5. The number of allylic oxidation sites excluding steroid dienone is 2. The first-order valence-electron chi connectivity index (χ1n) is 23.7. The van der Waals surface area contributed by atoms with Gasteiger partial charge in [0, 0.05) is 50.6 Å². The Labute approximate surface area is 384 Å². The molecular weight excluding hydrogens is 817 g/mol. The van der Waals surface area contributed by atoms with Gasteiger partial charge >= 0.3 is 17.6 Å². The number of carbonyl (C=O) groups excluding carboxylic acids is 2. The number of unbranched alkanes of at least 4 members (excludes halogenated alkanes) is 18. The SMILES string of the molecule is C#CCCCCCCCCCCCC(O)CC(O)COC(C)=O.C=CCCCCCCCCCCCC(O)CC(O)COC(C)=O.CC(C)=CCOc1cc2oc(=O)ccc2cc1O. The zero-order valence-electron chi connectivity index (χ0n) is 39.7. The van der Waals surface area contributed by atoms with Crippen molar-refractivity contribution in [3.8, 4) is 23.8 Å². The van der Waals surface area contributed by atoms with E-state index in [0.29, 0.717) is 36.2 Å². The molecule has 4 unspecified atom stereocenters. The van der Waals surface area contributed by atoms with E-state index in [0.717, 1.165) is 50.5 Å². The molecule has 2 rings (SSSR count). The molecule has 5 N–H and O–H groups in total. The maximum atomic E-state index is 11.1. The molecule has 1 aromatic carbocycles. The number of rotatable bonds is 34. The van der Waals surface area contributed by atoms with Gasteiger partial charge in [-0.15, -0.1) is 18.9 Å². The summed E-state index contributed by atoms with van der Waals surface area (Å²) in [6, 6.07) is 5.94. The molecule has 4 atom stereocenters. The number of benzene rings is 1. The topological polar surface area (TPSA) is 193 Å². The van der Waals surface area contributed by atoms with Gasteiger partial charge in [0.15, 0.2) is 11.5 Å². The number of phenols is 1. The number of esters is 2. The van der Waals surface area contributed by atoms with Crippen LogP contribution < -0.4 is 10.4 Å². The van der Waals surface area contributed by atoms with Crippen molar-refractivity contribution >= 4 is 22.9 Å². The van der Waals surface area contributed by atoms with Gasteiger partial charge in [-0.3, -0.25) is 9.59 Å². The molecule has 0 amide bonds. The summed E-state index contributed by atoms with van der Waals surface area (Å²) in [7, 11) is 0. The molecule has 0 spiro atoms. The van der Waals surface area contributed by atoms with Crippen molar-refractivity contribution < 1.29 is 53.7 Å². The lowest BCUT2D eigenvalue weighted by Crippen LogP contribution is -2.23. The number of fused-ring (bicyclic) bond motifs is 1. The molecule has 0 fully saturated rings. The fourth-order valence-corrected chi connectivity index (χ4v) is 6.68. The summed E-state index contributed by atoms with van der Waals surface area (Å²) >= 11 is 0. The van der Waals surface area contributed by atoms with Gasteiger partial charge in [-0.25, -0.2) is 4.79 Å². The van der Waals surface area contributed by atoms with Crippen LogP contribution >= 0.6 is 0 Å². The third-order valence-corrected chi connectivity index (χ3v) is 10.3. The molecule has 0 aliphatic carbocycles. The predicted octanol–water partition coefficient (Wildman–Crippen LogP) is 10.6. The standard InChI is InChI=1S/C19H36O4.C19H34O4.C14H14O4/c2*1-3-4-5-6-7-8-9-10-11-12-13-14-18(21)15-19(22)16-23-17(2)20;1-9(2)5-6-17-13-8-12-10(7-11(13)15)3-4-14(16)18-12/h3,18-19,21-22H,1,4-16H2,2H3;1,18-19,21-22H,4-16H2,2H3;3-5,7-8,15H,6H2,1-2H3. The summed E-state index contributed by atoms with van der Waals surface area (Å²) in [5.74, 6) is 2.18. The minimum absolute atomic E-state index is 0.0264. The highest BCUT2D eigenvalue weighted by atomic mass is 16.5. The van der Waals surface area contributed by atoms with Crippen LogP contribution in [0, 0.1) is 12.3 Å². The number of phenolic OH excluding ortho intramolecular Hbond substituents is 1. The smallest absolute Gasteiger partial charge is 0.336 e. The fraction of sp³-hybridized carbons (Fsp3) is 0.673. The Morgan fingerprint density at radius 2 is 1.14 bits per heavy atom. The molecule has 64 heavy (non-hydrogen) atoms. The van der Waals surface area contributed by atoms with E-state index >= 15 is 0 Å². The van der Waals surface area contributed by atoms with E-state index in [9.17, 15) is 39.9 Å². The summed E-state index contributed by atoms with van der Waals surface area (Å²) in [6.07, 6.45) is 32.4. The van der Waals surface area contributed by atoms with Crippen LogP contribution in [0.15, 0.2) is 57.8 Å². The molecular formula is C52H84O12. The van der Waals surface area contributed by atoms with Crippen LogP contribution in [0.2, 0.25) is 0 Å². The number of hydrogen-bond acceptors (Lipinski definition) is 12. The van der Waals surface area contributed by atoms with E-state index in [-0.39, 0.29) is 31.8 Å². The highest BCUT2D eigenvalue weighted by Gasteiger charge is 2.14. The van der Waals surface area contributed by atoms with Crippen LogP contribution in [-0.2, 0) is 19.1 Å². The van der Waals surface area contributed by atoms with Crippen molar-refractivity contribution in [1.29, 1.82) is 0 Å². The zero-order valence-corrected chi connectivity index (χ0v) is 39.7. The van der Waals surface area contributed by atoms with Crippen molar-refractivity contribution in [2.45, 2.75) is 206 Å². The van der Waals surface area contributed by atoms with E-state index < -0.39 is 42.0 Å². The van der Waals surface area contributed by atoms with Crippen molar-refractivity contribution in [3.63, 3.8) is 0 Å². The van der Waals surface area contributed by atoms with Crippen LogP contribution in [0.5, 0.6) is 11.5 Å². The average Bonchev–Trinajstić information content (AvgIpc) is 3.24. The first-order chi connectivity index (χ1) is 30.7. The number of ether oxygens (including phenoxy) is 3. The summed E-state index contributed by atoms with van der Waals surface area (Å²) in [4.78, 5) is 32.3. The average molecular weight is 901 g/mol. The number of hydrogen-bond donors (Lipinski definition) is 5. The largest absolute Gasteiger partial charge is 0.504 e. The van der Waals surface area contributed by atoms with Gasteiger partial charge in [-0.1, -0.05) is 114 Å². The Hall–Kier alpha value is -4.15. The van der Waals surface area contributed by atoms with Crippen LogP contribution in [-0.4, -0.2) is 81.7 Å². The van der Waals surface area contributed by atoms with Gasteiger partial charge < -0.3 is 44.2 Å². The second-order valence-electron chi connectivity index (χ2n) is 16.9. The van der Waals surface area contributed by atoms with Crippen LogP contribution in [0.25, 0.3) is 11.0 Å². The van der Waals surface area contributed by atoms with Crippen molar-refractivity contribution in [1.82, 2.24) is 0 Å². The van der Waals surface area contributed by atoms with Gasteiger partial charge in [0.1, 0.15) is 25.4 Å². The minimum atomic E-state index is -0.775. The molecule has 0 aliphatic rings. The highest BCUT2D eigenvalue weighted by Crippen LogP contribution is 2.31. The molecule has 1 aromatic heterocycles. The van der Waals surface area contributed by atoms with Gasteiger partial charge in [-0.2, -0.15) is 0 Å². The number of carbonyl (C=O) groups is 2. The number of terminal acetylenes is 1. The molecule has 0 saturated carbocycles. The quantitative estimate of drug-likeness (QED) is 0.0147. The summed E-state index contributed by atoms with van der Waals surface area (Å²) in [6.45, 7) is 10.6. The maximum Gasteiger partial charge on any atom is 0.336 e. The Balaban J connectivity index is 0.000000936. The van der Waals surface area contributed by atoms with Gasteiger partial charge in [0.2, 0.25) is 0 Å². The van der Waals surface area contributed by atoms with E-state index in [4.69, 9.17) is 25.1 Å². The molecule has 364 valence electrons. The molecule has 2 aromatic rings. The summed E-state index contributed by atoms with van der Waals surface area (Å²) in [5, 5.41) is 49.3. The number of aliphatic hydroxyl groups is 4. The Morgan fingerprint density at radius 3 is 1.58 bits per heavy atom. The number of aromatic hydroxyl groups is 1. The third-order valence-electron chi connectivity index (χ3n) is 10.3. The second kappa shape index (κ2) is 40.4.